The quantitative estimate of drug-likeness (QED) is 0.734. The SMILES string of the molecule is O=C(c1cc(Br)c[nH]1)N1CCC[C@@H]1c1nc2ccccc2[nH]1. The summed E-state index contributed by atoms with van der Waals surface area (Å²) >= 11 is 3.37. The molecule has 4 rings (SSSR count). The van der Waals surface area contributed by atoms with Crippen molar-refractivity contribution >= 4 is 32.9 Å². The van der Waals surface area contributed by atoms with Crippen molar-refractivity contribution in [3.63, 3.8) is 0 Å². The minimum atomic E-state index is 0.0157. The van der Waals surface area contributed by atoms with Gasteiger partial charge in [-0.2, -0.15) is 0 Å². The molecule has 0 radical (unpaired) electrons. The summed E-state index contributed by atoms with van der Waals surface area (Å²) in [7, 11) is 0. The van der Waals surface area contributed by atoms with Crippen LogP contribution < -0.4 is 0 Å². The Hall–Kier alpha value is -2.08. The number of hydrogen-bond acceptors (Lipinski definition) is 2. The van der Waals surface area contributed by atoms with E-state index in [1.54, 1.807) is 6.20 Å². The Labute approximate surface area is 135 Å². The average Bonchev–Trinajstić information content (AvgIpc) is 3.24. The van der Waals surface area contributed by atoms with Gasteiger partial charge in [-0.3, -0.25) is 4.79 Å². The molecule has 2 N–H and O–H groups in total. The van der Waals surface area contributed by atoms with Crippen LogP contribution in [-0.2, 0) is 0 Å². The second-order valence-corrected chi connectivity index (χ2v) is 6.44. The molecule has 1 amide bonds. The molecule has 3 heterocycles. The average molecular weight is 359 g/mol. The Morgan fingerprint density at radius 3 is 3.00 bits per heavy atom. The Bertz CT molecular complexity index is 804. The van der Waals surface area contributed by atoms with E-state index in [1.807, 2.05) is 35.2 Å². The highest BCUT2D eigenvalue weighted by molar-refractivity contribution is 9.10. The molecule has 1 saturated heterocycles. The van der Waals surface area contributed by atoms with Gasteiger partial charge in [-0.15, -0.1) is 0 Å². The summed E-state index contributed by atoms with van der Waals surface area (Å²) in [6, 6.07) is 9.78. The number of aromatic amines is 2. The first kappa shape index (κ1) is 13.6. The lowest BCUT2D eigenvalue weighted by Gasteiger charge is -2.22. The van der Waals surface area contributed by atoms with E-state index < -0.39 is 0 Å². The number of carbonyl (C=O) groups excluding carboxylic acids is 1. The molecule has 1 atom stereocenters. The highest BCUT2D eigenvalue weighted by atomic mass is 79.9. The summed E-state index contributed by atoms with van der Waals surface area (Å²) in [5.74, 6) is 0.895. The third kappa shape index (κ3) is 2.23. The van der Waals surface area contributed by atoms with Crippen LogP contribution in [0.5, 0.6) is 0 Å². The summed E-state index contributed by atoms with van der Waals surface area (Å²) in [5, 5.41) is 0. The van der Waals surface area contributed by atoms with Gasteiger partial charge in [0.15, 0.2) is 0 Å². The number of rotatable bonds is 2. The molecule has 0 saturated carbocycles. The van der Waals surface area contributed by atoms with Gasteiger partial charge in [0.2, 0.25) is 0 Å². The zero-order valence-corrected chi connectivity index (χ0v) is 13.4. The highest BCUT2D eigenvalue weighted by Crippen LogP contribution is 2.32. The van der Waals surface area contributed by atoms with Crippen molar-refractivity contribution in [2.24, 2.45) is 0 Å². The van der Waals surface area contributed by atoms with Crippen LogP contribution in [0.15, 0.2) is 41.0 Å². The monoisotopic (exact) mass is 358 g/mol. The van der Waals surface area contributed by atoms with Crippen molar-refractivity contribution in [1.82, 2.24) is 19.9 Å². The molecule has 6 heteroatoms. The minimum absolute atomic E-state index is 0.0157. The van der Waals surface area contributed by atoms with Gasteiger partial charge in [0, 0.05) is 17.2 Å². The van der Waals surface area contributed by atoms with Crippen LogP contribution in [0.4, 0.5) is 0 Å². The first-order valence-electron chi connectivity index (χ1n) is 7.32. The molecule has 22 heavy (non-hydrogen) atoms. The van der Waals surface area contributed by atoms with Crippen LogP contribution in [0.25, 0.3) is 11.0 Å². The summed E-state index contributed by atoms with van der Waals surface area (Å²) in [6.45, 7) is 0.761. The number of hydrogen-bond donors (Lipinski definition) is 2. The molecule has 0 spiro atoms. The molecule has 3 aromatic rings. The Kier molecular flexibility index (Phi) is 3.26. The van der Waals surface area contributed by atoms with Gasteiger partial charge in [-0.1, -0.05) is 12.1 Å². The lowest BCUT2D eigenvalue weighted by Crippen LogP contribution is -2.31. The number of H-pyrrole nitrogens is 2. The van der Waals surface area contributed by atoms with Crippen molar-refractivity contribution in [3.05, 3.63) is 52.5 Å². The molecule has 2 aromatic heterocycles. The van der Waals surface area contributed by atoms with Crippen molar-refractivity contribution in [2.75, 3.05) is 6.54 Å². The summed E-state index contributed by atoms with van der Waals surface area (Å²) in [5.41, 5.74) is 2.56. The second-order valence-electron chi connectivity index (χ2n) is 5.53. The van der Waals surface area contributed by atoms with Crippen LogP contribution in [0.2, 0.25) is 0 Å². The van der Waals surface area contributed by atoms with Gasteiger partial charge in [0.05, 0.1) is 17.1 Å². The molecule has 1 aliphatic heterocycles. The van der Waals surface area contributed by atoms with E-state index in [0.29, 0.717) is 5.69 Å². The number of aromatic nitrogens is 3. The van der Waals surface area contributed by atoms with Gasteiger partial charge in [-0.05, 0) is 47.0 Å². The van der Waals surface area contributed by atoms with Gasteiger partial charge in [-0.25, -0.2) is 4.98 Å². The normalized spacial score (nSPS) is 18.2. The number of nitrogens with one attached hydrogen (secondary N) is 2. The zero-order chi connectivity index (χ0) is 15.1. The zero-order valence-electron chi connectivity index (χ0n) is 11.8. The molecule has 0 unspecified atom stereocenters. The fourth-order valence-electron chi connectivity index (χ4n) is 3.07. The number of benzene rings is 1. The number of carbonyl (C=O) groups is 1. The maximum atomic E-state index is 12.7. The van der Waals surface area contributed by atoms with E-state index in [0.717, 1.165) is 40.7 Å². The summed E-state index contributed by atoms with van der Waals surface area (Å²) in [4.78, 5) is 25.6. The third-order valence-corrected chi connectivity index (χ3v) is 4.57. The maximum absolute atomic E-state index is 12.7. The van der Waals surface area contributed by atoms with E-state index >= 15 is 0 Å². The lowest BCUT2D eigenvalue weighted by molar-refractivity contribution is 0.0725. The number of fused-ring (bicyclic) bond motifs is 1. The largest absolute Gasteiger partial charge is 0.356 e. The van der Waals surface area contributed by atoms with Crippen molar-refractivity contribution < 1.29 is 4.79 Å². The van der Waals surface area contributed by atoms with Gasteiger partial charge in [0.1, 0.15) is 11.5 Å². The van der Waals surface area contributed by atoms with E-state index in [1.165, 1.54) is 0 Å². The molecule has 112 valence electrons. The highest BCUT2D eigenvalue weighted by Gasteiger charge is 2.33. The van der Waals surface area contributed by atoms with Crippen LogP contribution in [0, 0.1) is 0 Å². The van der Waals surface area contributed by atoms with E-state index in [-0.39, 0.29) is 11.9 Å². The first-order chi connectivity index (χ1) is 10.7. The number of halogens is 1. The number of para-hydroxylation sites is 2. The predicted molar refractivity (Wildman–Crippen MR) is 87.6 cm³/mol. The molecule has 1 fully saturated rings. The van der Waals surface area contributed by atoms with E-state index in [4.69, 9.17) is 0 Å². The Morgan fingerprint density at radius 1 is 1.36 bits per heavy atom. The predicted octanol–water partition coefficient (Wildman–Crippen LogP) is 3.63. The Morgan fingerprint density at radius 2 is 2.23 bits per heavy atom. The molecule has 0 aliphatic carbocycles. The number of imidazole rings is 1. The molecule has 1 aromatic carbocycles. The van der Waals surface area contributed by atoms with Gasteiger partial charge < -0.3 is 14.9 Å². The lowest BCUT2D eigenvalue weighted by atomic mass is 10.2. The summed E-state index contributed by atoms with van der Waals surface area (Å²) < 4.78 is 0.885. The van der Waals surface area contributed by atoms with E-state index in [2.05, 4.69) is 30.9 Å². The van der Waals surface area contributed by atoms with Crippen molar-refractivity contribution in [2.45, 2.75) is 18.9 Å². The van der Waals surface area contributed by atoms with E-state index in [9.17, 15) is 4.79 Å². The molecule has 5 nitrogen and oxygen atoms in total. The van der Waals surface area contributed by atoms with Gasteiger partial charge in [0.25, 0.3) is 5.91 Å². The molecule has 0 bridgehead atoms. The fraction of sp³-hybridized carbons (Fsp3) is 0.250. The van der Waals surface area contributed by atoms with Crippen LogP contribution in [0.1, 0.15) is 35.2 Å². The molecular weight excluding hydrogens is 344 g/mol. The standard InChI is InChI=1S/C16H15BrN4O/c17-10-8-13(18-9-10)16(22)21-7-3-6-14(21)15-19-11-4-1-2-5-12(11)20-15/h1-2,4-5,8-9,14,18H,3,6-7H2,(H,19,20)/t14-/m1/s1. The third-order valence-electron chi connectivity index (χ3n) is 4.12. The first-order valence-corrected chi connectivity index (χ1v) is 8.11. The fourth-order valence-corrected chi connectivity index (χ4v) is 3.41. The van der Waals surface area contributed by atoms with Crippen LogP contribution >= 0.6 is 15.9 Å². The smallest absolute Gasteiger partial charge is 0.270 e. The topological polar surface area (TPSA) is 64.8 Å². The number of amides is 1. The second kappa shape index (κ2) is 5.28. The van der Waals surface area contributed by atoms with Gasteiger partial charge >= 0.3 is 0 Å². The van der Waals surface area contributed by atoms with Crippen LogP contribution in [-0.4, -0.2) is 32.3 Å². The maximum Gasteiger partial charge on any atom is 0.270 e. The van der Waals surface area contributed by atoms with Crippen molar-refractivity contribution in [1.29, 1.82) is 0 Å². The number of nitrogens with zero attached hydrogens (tertiary/aromatic N) is 2. The van der Waals surface area contributed by atoms with Crippen molar-refractivity contribution in [3.8, 4) is 0 Å². The van der Waals surface area contributed by atoms with Crippen LogP contribution in [0.3, 0.4) is 0 Å². The molecule has 1 aliphatic rings. The summed E-state index contributed by atoms with van der Waals surface area (Å²) in [6.07, 6.45) is 3.71. The number of likely N-dealkylation sites (tertiary alicyclic amines) is 1. The molecular formula is C16H15BrN4O. The Balaban J connectivity index is 1.67. The minimum Gasteiger partial charge on any atom is -0.356 e.